The summed E-state index contributed by atoms with van der Waals surface area (Å²) in [5, 5.41) is 2.05. The highest BCUT2D eigenvalue weighted by Crippen LogP contribution is 2.34. The summed E-state index contributed by atoms with van der Waals surface area (Å²) >= 11 is 7.75. The van der Waals surface area contributed by atoms with Crippen molar-refractivity contribution in [2.45, 2.75) is 20.4 Å². The first kappa shape index (κ1) is 16.8. The third kappa shape index (κ3) is 3.36. The van der Waals surface area contributed by atoms with E-state index in [4.69, 9.17) is 11.6 Å². The van der Waals surface area contributed by atoms with Crippen molar-refractivity contribution < 1.29 is 4.90 Å². The predicted molar refractivity (Wildman–Crippen MR) is 105 cm³/mol. The molecule has 0 saturated carbocycles. The maximum absolute atomic E-state index is 5.98. The van der Waals surface area contributed by atoms with Crippen LogP contribution in [0, 0.1) is 13.8 Å². The second kappa shape index (κ2) is 6.90. The topological polar surface area (TPSA) is 33.5 Å². The smallest absolute Gasteiger partial charge is 0.141 e. The molecule has 3 heterocycles. The third-order valence-electron chi connectivity index (χ3n) is 5.08. The average molecular weight is 374 g/mol. The molecule has 0 radical (unpaired) electrons. The molecule has 1 aliphatic heterocycles. The summed E-state index contributed by atoms with van der Waals surface area (Å²) in [6.45, 7) is 9.71. The van der Waals surface area contributed by atoms with Gasteiger partial charge < -0.3 is 9.80 Å². The summed E-state index contributed by atoms with van der Waals surface area (Å²) in [6, 6.07) is 8.22. The molecular weight excluding hydrogens is 352 g/mol. The van der Waals surface area contributed by atoms with Gasteiger partial charge in [0.25, 0.3) is 0 Å². The van der Waals surface area contributed by atoms with Crippen LogP contribution >= 0.6 is 22.9 Å². The number of nitrogens with zero attached hydrogens (tertiary/aromatic N) is 3. The van der Waals surface area contributed by atoms with Crippen LogP contribution in [0.25, 0.3) is 10.2 Å². The lowest BCUT2D eigenvalue weighted by Gasteiger charge is -2.33. The van der Waals surface area contributed by atoms with Gasteiger partial charge in [0, 0.05) is 15.5 Å². The fourth-order valence-electron chi connectivity index (χ4n) is 3.51. The fourth-order valence-corrected chi connectivity index (χ4v) is 4.62. The highest BCUT2D eigenvalue weighted by Gasteiger charge is 2.24. The molecule has 4 rings (SSSR count). The lowest BCUT2D eigenvalue weighted by molar-refractivity contribution is -0.914. The number of halogens is 1. The Morgan fingerprint density at radius 2 is 1.84 bits per heavy atom. The quantitative estimate of drug-likeness (QED) is 0.766. The molecule has 0 unspecified atom stereocenters. The lowest BCUT2D eigenvalue weighted by Crippen LogP contribution is -3.13. The van der Waals surface area contributed by atoms with Crippen molar-refractivity contribution in [3.63, 3.8) is 0 Å². The van der Waals surface area contributed by atoms with Crippen LogP contribution in [0.5, 0.6) is 0 Å². The summed E-state index contributed by atoms with van der Waals surface area (Å²) in [6.07, 6.45) is 1.71. The number of hydrogen-bond donors (Lipinski definition) is 1. The van der Waals surface area contributed by atoms with Gasteiger partial charge in [0.15, 0.2) is 0 Å². The Bertz CT molecular complexity index is 882. The number of quaternary nitrogens is 1. The molecule has 4 nitrogen and oxygen atoms in total. The van der Waals surface area contributed by atoms with Crippen LogP contribution in [0.15, 0.2) is 30.6 Å². The van der Waals surface area contributed by atoms with Gasteiger partial charge in [-0.1, -0.05) is 23.7 Å². The van der Waals surface area contributed by atoms with Crippen LogP contribution in [-0.4, -0.2) is 36.1 Å². The Kier molecular flexibility index (Phi) is 4.63. The lowest BCUT2D eigenvalue weighted by atomic mass is 10.1. The summed E-state index contributed by atoms with van der Waals surface area (Å²) in [5.41, 5.74) is 2.67. The average Bonchev–Trinajstić information content (AvgIpc) is 2.92. The summed E-state index contributed by atoms with van der Waals surface area (Å²) < 4.78 is 0. The zero-order valence-corrected chi connectivity index (χ0v) is 16.1. The van der Waals surface area contributed by atoms with Gasteiger partial charge in [0.05, 0.1) is 31.6 Å². The zero-order valence-electron chi connectivity index (χ0n) is 14.6. The first-order chi connectivity index (χ1) is 12.1. The molecule has 0 amide bonds. The molecular formula is C19H22ClN4S+. The number of nitrogens with one attached hydrogen (secondary N) is 1. The molecule has 1 fully saturated rings. The van der Waals surface area contributed by atoms with Gasteiger partial charge in [-0.3, -0.25) is 0 Å². The van der Waals surface area contributed by atoms with Crippen LogP contribution in [0.2, 0.25) is 5.02 Å². The molecule has 1 aromatic carbocycles. The molecule has 0 spiro atoms. The molecule has 1 saturated heterocycles. The number of fused-ring (bicyclic) bond motifs is 1. The van der Waals surface area contributed by atoms with Gasteiger partial charge in [-0.25, -0.2) is 9.97 Å². The van der Waals surface area contributed by atoms with Crippen molar-refractivity contribution in [2.24, 2.45) is 0 Å². The molecule has 0 aliphatic carbocycles. The summed E-state index contributed by atoms with van der Waals surface area (Å²) in [5.74, 6) is 1.11. The van der Waals surface area contributed by atoms with E-state index < -0.39 is 0 Å². The SMILES string of the molecule is Cc1sc2ncnc(N3CC[NH+](Cc4ccc(Cl)cc4)CC3)c2c1C. The van der Waals surface area contributed by atoms with Crippen LogP contribution in [0.3, 0.4) is 0 Å². The molecule has 0 bridgehead atoms. The van der Waals surface area contributed by atoms with Crippen molar-refractivity contribution in [3.05, 3.63) is 51.6 Å². The van der Waals surface area contributed by atoms with Gasteiger partial charge >= 0.3 is 0 Å². The number of hydrogen-bond acceptors (Lipinski definition) is 4. The van der Waals surface area contributed by atoms with E-state index in [0.717, 1.165) is 48.4 Å². The summed E-state index contributed by atoms with van der Waals surface area (Å²) in [7, 11) is 0. The molecule has 0 atom stereocenters. The highest BCUT2D eigenvalue weighted by atomic mass is 35.5. The number of aromatic nitrogens is 2. The van der Waals surface area contributed by atoms with E-state index in [-0.39, 0.29) is 0 Å². The Balaban J connectivity index is 1.48. The number of benzene rings is 1. The number of piperazine rings is 1. The van der Waals surface area contributed by atoms with Crippen molar-refractivity contribution in [1.29, 1.82) is 0 Å². The Hall–Kier alpha value is -1.69. The minimum Gasteiger partial charge on any atom is -0.345 e. The minimum atomic E-state index is 0.803. The first-order valence-electron chi connectivity index (χ1n) is 8.65. The maximum atomic E-state index is 5.98. The molecule has 1 N–H and O–H groups in total. The Labute approximate surface area is 157 Å². The third-order valence-corrected chi connectivity index (χ3v) is 6.45. The minimum absolute atomic E-state index is 0.803. The van der Waals surface area contributed by atoms with E-state index in [1.165, 1.54) is 21.4 Å². The van der Waals surface area contributed by atoms with E-state index in [1.807, 2.05) is 12.1 Å². The maximum Gasteiger partial charge on any atom is 0.141 e. The highest BCUT2D eigenvalue weighted by molar-refractivity contribution is 7.18. The second-order valence-corrected chi connectivity index (χ2v) is 8.34. The standard InChI is InChI=1S/C19H21ClN4S/c1-13-14(2)25-19-17(13)18(21-12-22-19)24-9-7-23(8-10-24)11-15-3-5-16(20)6-4-15/h3-6,12H,7-11H2,1-2H3/p+1. The molecule has 2 aromatic heterocycles. The fraction of sp³-hybridized carbons (Fsp3) is 0.368. The molecule has 1 aliphatic rings. The zero-order chi connectivity index (χ0) is 17.4. The van der Waals surface area contributed by atoms with Gasteiger partial charge in [-0.05, 0) is 31.5 Å². The molecule has 3 aromatic rings. The number of thiophene rings is 1. The van der Waals surface area contributed by atoms with E-state index in [2.05, 4.69) is 40.8 Å². The second-order valence-electron chi connectivity index (χ2n) is 6.70. The molecule has 25 heavy (non-hydrogen) atoms. The van der Waals surface area contributed by atoms with Crippen molar-refractivity contribution in [1.82, 2.24) is 9.97 Å². The van der Waals surface area contributed by atoms with Crippen molar-refractivity contribution >= 4 is 39.0 Å². The van der Waals surface area contributed by atoms with Crippen LogP contribution < -0.4 is 9.80 Å². The van der Waals surface area contributed by atoms with E-state index in [1.54, 1.807) is 22.6 Å². The summed E-state index contributed by atoms with van der Waals surface area (Å²) in [4.78, 5) is 15.6. The van der Waals surface area contributed by atoms with Gasteiger partial charge in [0.2, 0.25) is 0 Å². The van der Waals surface area contributed by atoms with Crippen LogP contribution in [0.4, 0.5) is 5.82 Å². The normalized spacial score (nSPS) is 15.9. The van der Waals surface area contributed by atoms with E-state index in [9.17, 15) is 0 Å². The predicted octanol–water partition coefficient (Wildman–Crippen LogP) is 2.87. The number of aryl methyl sites for hydroxylation is 2. The van der Waals surface area contributed by atoms with E-state index >= 15 is 0 Å². The van der Waals surface area contributed by atoms with Crippen LogP contribution in [-0.2, 0) is 6.54 Å². The van der Waals surface area contributed by atoms with Gasteiger partial charge in [0.1, 0.15) is 23.5 Å². The van der Waals surface area contributed by atoms with E-state index in [0.29, 0.717) is 0 Å². The van der Waals surface area contributed by atoms with Gasteiger partial charge in [-0.15, -0.1) is 11.3 Å². The van der Waals surface area contributed by atoms with Gasteiger partial charge in [-0.2, -0.15) is 0 Å². The molecule has 6 heteroatoms. The first-order valence-corrected chi connectivity index (χ1v) is 9.85. The largest absolute Gasteiger partial charge is 0.345 e. The monoisotopic (exact) mass is 373 g/mol. The Morgan fingerprint density at radius 3 is 2.56 bits per heavy atom. The Morgan fingerprint density at radius 1 is 1.12 bits per heavy atom. The van der Waals surface area contributed by atoms with Crippen molar-refractivity contribution in [2.75, 3.05) is 31.1 Å². The number of anilines is 1. The van der Waals surface area contributed by atoms with Crippen LogP contribution in [0.1, 0.15) is 16.0 Å². The van der Waals surface area contributed by atoms with Crippen molar-refractivity contribution in [3.8, 4) is 0 Å². The number of rotatable bonds is 3. The molecule has 130 valence electrons.